The lowest BCUT2D eigenvalue weighted by atomic mass is 9.98. The molecule has 4 nitrogen and oxygen atoms in total. The molecule has 0 bridgehead atoms. The van der Waals surface area contributed by atoms with E-state index in [4.69, 9.17) is 27.9 Å². The Bertz CT molecular complexity index is 488. The molecule has 2 rings (SSSR count). The Kier molecular flexibility index (Phi) is 5.27. The molecule has 1 amide bonds. The van der Waals surface area contributed by atoms with Gasteiger partial charge in [0.15, 0.2) is 0 Å². The Hall–Kier alpha value is -0.810. The van der Waals surface area contributed by atoms with Crippen molar-refractivity contribution >= 4 is 29.1 Å². The highest BCUT2D eigenvalue weighted by atomic mass is 35.5. The van der Waals surface area contributed by atoms with E-state index in [1.54, 1.807) is 25.3 Å². The number of carbonyl (C=O) groups is 1. The van der Waals surface area contributed by atoms with Crippen LogP contribution < -0.4 is 10.6 Å². The van der Waals surface area contributed by atoms with E-state index in [2.05, 4.69) is 10.6 Å². The maximum atomic E-state index is 12.2. The minimum atomic E-state index is -0.198. The molecule has 1 atom stereocenters. The topological polar surface area (TPSA) is 50.4 Å². The van der Waals surface area contributed by atoms with Gasteiger partial charge in [0.2, 0.25) is 0 Å². The average Bonchev–Trinajstić information content (AvgIpc) is 2.85. The first-order valence-electron chi connectivity index (χ1n) is 6.53. The third-order valence-electron chi connectivity index (χ3n) is 3.52. The van der Waals surface area contributed by atoms with Crippen LogP contribution >= 0.6 is 23.2 Å². The van der Waals surface area contributed by atoms with Crippen LogP contribution in [0.2, 0.25) is 10.0 Å². The molecule has 0 aliphatic carbocycles. The molecule has 20 heavy (non-hydrogen) atoms. The van der Waals surface area contributed by atoms with Crippen LogP contribution in [0.15, 0.2) is 18.2 Å². The number of methoxy groups -OCH3 is 1. The van der Waals surface area contributed by atoms with Crippen LogP contribution in [0.3, 0.4) is 0 Å². The quantitative estimate of drug-likeness (QED) is 0.877. The maximum Gasteiger partial charge on any atom is 0.252 e. The second-order valence-corrected chi connectivity index (χ2v) is 5.89. The van der Waals surface area contributed by atoms with Crippen molar-refractivity contribution < 1.29 is 9.53 Å². The van der Waals surface area contributed by atoms with Gasteiger partial charge in [-0.3, -0.25) is 4.79 Å². The lowest BCUT2D eigenvalue weighted by molar-refractivity contribution is 0.0892. The lowest BCUT2D eigenvalue weighted by Crippen LogP contribution is -2.53. The van der Waals surface area contributed by atoms with E-state index in [1.807, 2.05) is 0 Å². The van der Waals surface area contributed by atoms with Crippen LogP contribution in [-0.2, 0) is 4.74 Å². The molecule has 0 radical (unpaired) electrons. The fourth-order valence-corrected chi connectivity index (χ4v) is 2.98. The van der Waals surface area contributed by atoms with E-state index >= 15 is 0 Å². The molecule has 110 valence electrons. The molecule has 1 unspecified atom stereocenters. The van der Waals surface area contributed by atoms with Crippen molar-refractivity contribution in [3.8, 4) is 0 Å². The standard InChI is InChI=1S/C14H18Cl2N2O2/c1-20-9-14(5-2-6-18-14)8-17-13(19)11-4-3-10(15)7-12(11)16/h3-4,7,18H,2,5-6,8-9H2,1H3,(H,17,19). The highest BCUT2D eigenvalue weighted by Gasteiger charge is 2.33. The number of rotatable bonds is 5. The van der Waals surface area contributed by atoms with Gasteiger partial charge in [-0.2, -0.15) is 0 Å². The minimum Gasteiger partial charge on any atom is -0.383 e. The van der Waals surface area contributed by atoms with E-state index < -0.39 is 0 Å². The summed E-state index contributed by atoms with van der Waals surface area (Å²) in [6, 6.07) is 4.85. The Morgan fingerprint density at radius 3 is 2.90 bits per heavy atom. The second-order valence-electron chi connectivity index (χ2n) is 5.05. The summed E-state index contributed by atoms with van der Waals surface area (Å²) in [5.41, 5.74) is 0.255. The largest absolute Gasteiger partial charge is 0.383 e. The Balaban J connectivity index is 2.00. The zero-order valence-corrected chi connectivity index (χ0v) is 12.9. The fourth-order valence-electron chi connectivity index (χ4n) is 2.49. The summed E-state index contributed by atoms with van der Waals surface area (Å²) in [5, 5.41) is 7.20. The summed E-state index contributed by atoms with van der Waals surface area (Å²) in [6.45, 7) is 2.03. The SMILES string of the molecule is COCC1(CNC(=O)c2ccc(Cl)cc2Cl)CCCN1. The summed E-state index contributed by atoms with van der Waals surface area (Å²) < 4.78 is 5.25. The molecule has 0 spiro atoms. The normalized spacial score (nSPS) is 21.9. The highest BCUT2D eigenvalue weighted by Crippen LogP contribution is 2.22. The van der Waals surface area contributed by atoms with Crippen molar-refractivity contribution in [1.29, 1.82) is 0 Å². The van der Waals surface area contributed by atoms with Crippen LogP contribution in [0.4, 0.5) is 0 Å². The number of ether oxygens (including phenoxy) is 1. The molecule has 1 aliphatic heterocycles. The van der Waals surface area contributed by atoms with E-state index in [0.29, 0.717) is 28.8 Å². The Labute approximate surface area is 128 Å². The smallest absolute Gasteiger partial charge is 0.252 e. The fraction of sp³-hybridized carbons (Fsp3) is 0.500. The zero-order valence-electron chi connectivity index (χ0n) is 11.3. The van der Waals surface area contributed by atoms with Gasteiger partial charge in [-0.05, 0) is 37.6 Å². The summed E-state index contributed by atoms with van der Waals surface area (Å²) in [5.74, 6) is -0.198. The van der Waals surface area contributed by atoms with Crippen LogP contribution in [0.5, 0.6) is 0 Å². The molecule has 1 aliphatic rings. The third kappa shape index (κ3) is 3.64. The molecule has 2 N–H and O–H groups in total. The summed E-state index contributed by atoms with van der Waals surface area (Å²) in [6.07, 6.45) is 2.07. The monoisotopic (exact) mass is 316 g/mol. The number of benzene rings is 1. The van der Waals surface area contributed by atoms with Gasteiger partial charge in [-0.25, -0.2) is 0 Å². The van der Waals surface area contributed by atoms with Crippen molar-refractivity contribution in [3.63, 3.8) is 0 Å². The Morgan fingerprint density at radius 2 is 2.30 bits per heavy atom. The van der Waals surface area contributed by atoms with Crippen molar-refractivity contribution in [2.24, 2.45) is 0 Å². The maximum absolute atomic E-state index is 12.2. The van der Waals surface area contributed by atoms with Crippen LogP contribution in [0.25, 0.3) is 0 Å². The van der Waals surface area contributed by atoms with Crippen LogP contribution in [0.1, 0.15) is 23.2 Å². The molecule has 1 aromatic rings. The Morgan fingerprint density at radius 1 is 1.50 bits per heavy atom. The van der Waals surface area contributed by atoms with Crippen molar-refractivity contribution in [2.45, 2.75) is 18.4 Å². The van der Waals surface area contributed by atoms with Gasteiger partial charge >= 0.3 is 0 Å². The predicted molar refractivity (Wildman–Crippen MR) is 80.6 cm³/mol. The number of carbonyl (C=O) groups excluding carboxylic acids is 1. The lowest BCUT2D eigenvalue weighted by Gasteiger charge is -2.29. The van der Waals surface area contributed by atoms with Gasteiger partial charge in [0.1, 0.15) is 0 Å². The molecule has 1 heterocycles. The van der Waals surface area contributed by atoms with E-state index in [0.717, 1.165) is 19.4 Å². The number of halogens is 2. The van der Waals surface area contributed by atoms with Gasteiger partial charge in [0, 0.05) is 18.7 Å². The second kappa shape index (κ2) is 6.76. The van der Waals surface area contributed by atoms with Gasteiger partial charge in [-0.1, -0.05) is 23.2 Å². The molecular formula is C14H18Cl2N2O2. The number of hydrogen-bond donors (Lipinski definition) is 2. The summed E-state index contributed by atoms with van der Waals surface area (Å²) >= 11 is 11.9. The van der Waals surface area contributed by atoms with E-state index in [9.17, 15) is 4.79 Å². The molecule has 6 heteroatoms. The van der Waals surface area contributed by atoms with Crippen molar-refractivity contribution in [1.82, 2.24) is 10.6 Å². The minimum absolute atomic E-state index is 0.177. The van der Waals surface area contributed by atoms with Crippen molar-refractivity contribution in [3.05, 3.63) is 33.8 Å². The van der Waals surface area contributed by atoms with Gasteiger partial charge in [0.05, 0.1) is 22.7 Å². The van der Waals surface area contributed by atoms with Gasteiger partial charge < -0.3 is 15.4 Å². The zero-order chi connectivity index (χ0) is 14.6. The predicted octanol–water partition coefficient (Wildman–Crippen LogP) is 2.49. The van der Waals surface area contributed by atoms with Crippen molar-refractivity contribution in [2.75, 3.05) is 26.8 Å². The molecule has 1 saturated heterocycles. The molecule has 1 fully saturated rings. The number of hydrogen-bond acceptors (Lipinski definition) is 3. The van der Waals surface area contributed by atoms with Gasteiger partial charge in [-0.15, -0.1) is 0 Å². The number of nitrogens with one attached hydrogen (secondary N) is 2. The molecular weight excluding hydrogens is 299 g/mol. The first-order chi connectivity index (χ1) is 9.56. The van der Waals surface area contributed by atoms with E-state index in [-0.39, 0.29) is 11.4 Å². The average molecular weight is 317 g/mol. The van der Waals surface area contributed by atoms with Crippen LogP contribution in [-0.4, -0.2) is 38.3 Å². The summed E-state index contributed by atoms with van der Waals surface area (Å²) in [4.78, 5) is 12.2. The number of amides is 1. The third-order valence-corrected chi connectivity index (χ3v) is 4.06. The first kappa shape index (κ1) is 15.6. The highest BCUT2D eigenvalue weighted by molar-refractivity contribution is 6.36. The first-order valence-corrected chi connectivity index (χ1v) is 7.29. The summed E-state index contributed by atoms with van der Waals surface area (Å²) in [7, 11) is 1.67. The molecule has 0 saturated carbocycles. The molecule has 1 aromatic carbocycles. The van der Waals surface area contributed by atoms with Gasteiger partial charge in [0.25, 0.3) is 5.91 Å². The molecule has 0 aromatic heterocycles. The van der Waals surface area contributed by atoms with E-state index in [1.165, 1.54) is 0 Å². The van der Waals surface area contributed by atoms with Crippen LogP contribution in [0, 0.1) is 0 Å².